The number of halogens is 1. The number of aryl methyl sites for hydroxylation is 2. The van der Waals surface area contributed by atoms with Crippen LogP contribution in [-0.2, 0) is 13.0 Å². The van der Waals surface area contributed by atoms with E-state index in [1.807, 2.05) is 49.1 Å². The van der Waals surface area contributed by atoms with Gasteiger partial charge in [0.1, 0.15) is 5.69 Å². The van der Waals surface area contributed by atoms with Crippen molar-refractivity contribution < 1.29 is 4.79 Å². The van der Waals surface area contributed by atoms with Gasteiger partial charge in [0.2, 0.25) is 0 Å². The van der Waals surface area contributed by atoms with E-state index < -0.39 is 0 Å². The number of nitrogens with zero attached hydrogens (tertiary/aromatic N) is 4. The highest BCUT2D eigenvalue weighted by atomic mass is 35.5. The van der Waals surface area contributed by atoms with E-state index in [1.54, 1.807) is 4.52 Å². The fraction of sp³-hybridized carbons (Fsp3) is 0.250. The predicted molar refractivity (Wildman–Crippen MR) is 104 cm³/mol. The van der Waals surface area contributed by atoms with Gasteiger partial charge < -0.3 is 9.88 Å². The van der Waals surface area contributed by atoms with E-state index in [0.717, 1.165) is 40.0 Å². The number of benzene rings is 1. The van der Waals surface area contributed by atoms with Gasteiger partial charge in [-0.2, -0.15) is 5.10 Å². The maximum absolute atomic E-state index is 13.1. The molecule has 0 radical (unpaired) electrons. The fourth-order valence-electron chi connectivity index (χ4n) is 3.89. The van der Waals surface area contributed by atoms with Gasteiger partial charge in [0.15, 0.2) is 5.65 Å². The van der Waals surface area contributed by atoms with Gasteiger partial charge in [0.05, 0.1) is 16.2 Å². The van der Waals surface area contributed by atoms with E-state index in [2.05, 4.69) is 15.1 Å². The minimum atomic E-state index is -0.0542. The lowest BCUT2D eigenvalue weighted by Crippen LogP contribution is -2.36. The summed E-state index contributed by atoms with van der Waals surface area (Å²) >= 11 is 6.32. The Morgan fingerprint density at radius 3 is 2.96 bits per heavy atom. The van der Waals surface area contributed by atoms with E-state index in [0.29, 0.717) is 29.5 Å². The number of hydrogen-bond donors (Lipinski definition) is 1. The lowest BCUT2D eigenvalue weighted by Gasteiger charge is -2.27. The summed E-state index contributed by atoms with van der Waals surface area (Å²) in [5.74, 6) is -0.0542. The molecule has 4 aromatic rings. The fourth-order valence-corrected chi connectivity index (χ4v) is 4.11. The van der Waals surface area contributed by atoms with Crippen LogP contribution in [0.1, 0.15) is 33.1 Å². The minimum absolute atomic E-state index is 0.0542. The van der Waals surface area contributed by atoms with Crippen molar-refractivity contribution in [3.05, 3.63) is 63.7 Å². The highest BCUT2D eigenvalue weighted by Crippen LogP contribution is 2.32. The SMILES string of the molecule is Cc1cc2nc(C(=O)N3CCc4[nH]c5c(Cl)cccc5c4C3)cc(C)n2n1. The van der Waals surface area contributed by atoms with Gasteiger partial charge >= 0.3 is 0 Å². The van der Waals surface area contributed by atoms with E-state index in [4.69, 9.17) is 11.6 Å². The second kappa shape index (κ2) is 5.82. The van der Waals surface area contributed by atoms with Crippen LogP contribution in [-0.4, -0.2) is 36.9 Å². The molecule has 0 spiro atoms. The molecule has 0 aliphatic carbocycles. The normalized spacial score (nSPS) is 14.1. The summed E-state index contributed by atoms with van der Waals surface area (Å²) < 4.78 is 1.77. The lowest BCUT2D eigenvalue weighted by atomic mass is 10.0. The number of fused-ring (bicyclic) bond motifs is 4. The summed E-state index contributed by atoms with van der Waals surface area (Å²) in [6, 6.07) is 9.57. The van der Waals surface area contributed by atoms with Gasteiger partial charge in [-0.1, -0.05) is 23.7 Å². The molecule has 1 N–H and O–H groups in total. The van der Waals surface area contributed by atoms with E-state index in [-0.39, 0.29) is 5.91 Å². The third-order valence-corrected chi connectivity index (χ3v) is 5.51. The Bertz CT molecular complexity index is 1220. The molecule has 136 valence electrons. The predicted octanol–water partition coefficient (Wildman–Crippen LogP) is 3.68. The molecule has 0 saturated carbocycles. The molecular formula is C20H18ClN5O. The third-order valence-electron chi connectivity index (χ3n) is 5.19. The Kier molecular flexibility index (Phi) is 3.52. The second-order valence-electron chi connectivity index (χ2n) is 7.06. The Morgan fingerprint density at radius 2 is 2.11 bits per heavy atom. The highest BCUT2D eigenvalue weighted by Gasteiger charge is 2.26. The van der Waals surface area contributed by atoms with Crippen molar-refractivity contribution in [2.24, 2.45) is 0 Å². The third kappa shape index (κ3) is 2.51. The first-order chi connectivity index (χ1) is 13.0. The molecule has 1 amide bonds. The summed E-state index contributed by atoms with van der Waals surface area (Å²) in [6.45, 7) is 5.07. The monoisotopic (exact) mass is 379 g/mol. The molecular weight excluding hydrogens is 362 g/mol. The van der Waals surface area contributed by atoms with Crippen LogP contribution in [0.2, 0.25) is 5.02 Å². The molecule has 1 aliphatic rings. The standard InChI is InChI=1S/C20H18ClN5O/c1-11-8-18-22-17(9-12(2)26(18)24-11)20(27)25-7-6-16-14(10-25)13-4-3-5-15(21)19(13)23-16/h3-5,8-9,23H,6-7,10H2,1-2H3. The van der Waals surface area contributed by atoms with Crippen LogP contribution in [0.5, 0.6) is 0 Å². The molecule has 3 aromatic heterocycles. The summed E-state index contributed by atoms with van der Waals surface area (Å²) in [6.07, 6.45) is 0.777. The first-order valence-corrected chi connectivity index (χ1v) is 9.30. The van der Waals surface area contributed by atoms with Crippen molar-refractivity contribution in [2.75, 3.05) is 6.54 Å². The largest absolute Gasteiger partial charge is 0.357 e. The molecule has 1 aromatic carbocycles. The Hall–Kier alpha value is -2.86. The Labute approximate surface area is 160 Å². The molecule has 6 nitrogen and oxygen atoms in total. The van der Waals surface area contributed by atoms with Crippen molar-refractivity contribution in [2.45, 2.75) is 26.8 Å². The topological polar surface area (TPSA) is 66.3 Å². The zero-order valence-corrected chi connectivity index (χ0v) is 15.8. The van der Waals surface area contributed by atoms with Crippen molar-refractivity contribution in [1.82, 2.24) is 24.5 Å². The number of carbonyl (C=O) groups excluding carboxylic acids is 1. The quantitative estimate of drug-likeness (QED) is 0.548. The molecule has 0 unspecified atom stereocenters. The molecule has 27 heavy (non-hydrogen) atoms. The highest BCUT2D eigenvalue weighted by molar-refractivity contribution is 6.35. The molecule has 0 atom stereocenters. The minimum Gasteiger partial charge on any atom is -0.357 e. The maximum Gasteiger partial charge on any atom is 0.272 e. The van der Waals surface area contributed by atoms with Gasteiger partial charge in [0, 0.05) is 47.9 Å². The summed E-state index contributed by atoms with van der Waals surface area (Å²) in [7, 11) is 0. The van der Waals surface area contributed by atoms with Gasteiger partial charge in [-0.3, -0.25) is 4.79 Å². The van der Waals surface area contributed by atoms with Crippen molar-refractivity contribution in [1.29, 1.82) is 0 Å². The molecule has 4 heterocycles. The molecule has 0 bridgehead atoms. The van der Waals surface area contributed by atoms with Crippen LogP contribution in [0.15, 0.2) is 30.3 Å². The number of para-hydroxylation sites is 1. The van der Waals surface area contributed by atoms with Crippen LogP contribution in [0.3, 0.4) is 0 Å². The molecule has 0 fully saturated rings. The number of amides is 1. The smallest absolute Gasteiger partial charge is 0.272 e. The number of hydrogen-bond acceptors (Lipinski definition) is 3. The van der Waals surface area contributed by atoms with Crippen LogP contribution in [0.4, 0.5) is 0 Å². The lowest BCUT2D eigenvalue weighted by molar-refractivity contribution is 0.0729. The summed E-state index contributed by atoms with van der Waals surface area (Å²) in [4.78, 5) is 22.9. The first-order valence-electron chi connectivity index (χ1n) is 8.92. The van der Waals surface area contributed by atoms with Crippen molar-refractivity contribution >= 4 is 34.1 Å². The van der Waals surface area contributed by atoms with Crippen LogP contribution < -0.4 is 0 Å². The van der Waals surface area contributed by atoms with Gasteiger partial charge in [-0.15, -0.1) is 0 Å². The number of nitrogens with one attached hydrogen (secondary N) is 1. The van der Waals surface area contributed by atoms with Gasteiger partial charge in [0.25, 0.3) is 5.91 Å². The molecule has 1 aliphatic heterocycles. The number of carbonyl (C=O) groups is 1. The summed E-state index contributed by atoms with van der Waals surface area (Å²) in [5.41, 5.74) is 6.19. The maximum atomic E-state index is 13.1. The molecule has 0 saturated heterocycles. The summed E-state index contributed by atoms with van der Waals surface area (Å²) in [5, 5.41) is 6.19. The van der Waals surface area contributed by atoms with Crippen LogP contribution in [0, 0.1) is 13.8 Å². The van der Waals surface area contributed by atoms with Crippen LogP contribution in [0.25, 0.3) is 16.6 Å². The van der Waals surface area contributed by atoms with Crippen molar-refractivity contribution in [3.8, 4) is 0 Å². The number of aromatic amines is 1. The van der Waals surface area contributed by atoms with E-state index in [9.17, 15) is 4.79 Å². The van der Waals surface area contributed by atoms with Crippen molar-refractivity contribution in [3.63, 3.8) is 0 Å². The van der Waals surface area contributed by atoms with E-state index in [1.165, 1.54) is 0 Å². The second-order valence-corrected chi connectivity index (χ2v) is 7.47. The van der Waals surface area contributed by atoms with Crippen LogP contribution >= 0.6 is 11.6 Å². The Balaban J connectivity index is 1.52. The average molecular weight is 380 g/mol. The van der Waals surface area contributed by atoms with Gasteiger partial charge in [-0.05, 0) is 26.0 Å². The zero-order chi connectivity index (χ0) is 18.7. The molecule has 7 heteroatoms. The zero-order valence-electron chi connectivity index (χ0n) is 15.1. The first kappa shape index (κ1) is 16.3. The number of rotatable bonds is 1. The average Bonchev–Trinajstić information content (AvgIpc) is 3.21. The molecule has 5 rings (SSSR count). The van der Waals surface area contributed by atoms with E-state index >= 15 is 0 Å². The van der Waals surface area contributed by atoms with Gasteiger partial charge in [-0.25, -0.2) is 9.50 Å². The number of aromatic nitrogens is 4. The Morgan fingerprint density at radius 1 is 1.26 bits per heavy atom. The number of H-pyrrole nitrogens is 1.